The van der Waals surface area contributed by atoms with Crippen LogP contribution < -0.4 is 5.32 Å². The van der Waals surface area contributed by atoms with Crippen LogP contribution in [-0.4, -0.2) is 6.04 Å². The van der Waals surface area contributed by atoms with Crippen LogP contribution in [0.1, 0.15) is 13.8 Å². The van der Waals surface area contributed by atoms with Crippen LogP contribution in [0, 0.1) is 0 Å². The minimum atomic E-state index is 0.483. The van der Waals surface area contributed by atoms with Gasteiger partial charge in [-0.25, -0.2) is 0 Å². The lowest BCUT2D eigenvalue weighted by Gasteiger charge is -2.09. The molecule has 1 N–H and O–H groups in total. The molecule has 1 nitrogen and oxygen atoms in total. The molecule has 0 aliphatic carbocycles. The van der Waals surface area contributed by atoms with E-state index in [4.69, 9.17) is 0 Å². The van der Waals surface area contributed by atoms with Crippen molar-refractivity contribution in [3.8, 4) is 11.1 Å². The van der Waals surface area contributed by atoms with Gasteiger partial charge < -0.3 is 5.32 Å². The third-order valence-corrected chi connectivity index (χ3v) is 2.88. The van der Waals surface area contributed by atoms with Crippen molar-refractivity contribution < 1.29 is 0 Å². The molecule has 15 heavy (non-hydrogen) atoms. The molecule has 0 bridgehead atoms. The molecule has 1 heterocycles. The lowest BCUT2D eigenvalue weighted by Crippen LogP contribution is -2.09. The number of thiophene rings is 1. The van der Waals surface area contributed by atoms with Gasteiger partial charge in [0, 0.05) is 11.7 Å². The predicted molar refractivity (Wildman–Crippen MR) is 68.5 cm³/mol. The highest BCUT2D eigenvalue weighted by Gasteiger charge is 1.98. The summed E-state index contributed by atoms with van der Waals surface area (Å²) in [6.45, 7) is 4.29. The fourth-order valence-corrected chi connectivity index (χ4v) is 2.19. The van der Waals surface area contributed by atoms with Gasteiger partial charge in [-0.05, 0) is 53.9 Å². The van der Waals surface area contributed by atoms with Crippen LogP contribution in [0.5, 0.6) is 0 Å². The Morgan fingerprint density at radius 2 is 1.73 bits per heavy atom. The zero-order valence-corrected chi connectivity index (χ0v) is 9.84. The van der Waals surface area contributed by atoms with Gasteiger partial charge in [-0.1, -0.05) is 12.1 Å². The third kappa shape index (κ3) is 2.60. The van der Waals surface area contributed by atoms with Crippen molar-refractivity contribution in [1.29, 1.82) is 0 Å². The SMILES string of the molecule is CC(C)Nc1ccc(-c2ccsc2)cc1. The highest BCUT2D eigenvalue weighted by atomic mass is 32.1. The minimum absolute atomic E-state index is 0.483. The Hall–Kier alpha value is -1.28. The summed E-state index contributed by atoms with van der Waals surface area (Å²) in [5.74, 6) is 0. The van der Waals surface area contributed by atoms with E-state index in [1.165, 1.54) is 16.8 Å². The van der Waals surface area contributed by atoms with E-state index in [1.807, 2.05) is 0 Å². The number of nitrogens with one attached hydrogen (secondary N) is 1. The third-order valence-electron chi connectivity index (χ3n) is 2.19. The monoisotopic (exact) mass is 217 g/mol. The molecule has 0 spiro atoms. The zero-order valence-electron chi connectivity index (χ0n) is 9.03. The van der Waals surface area contributed by atoms with Crippen molar-refractivity contribution in [2.75, 3.05) is 5.32 Å². The number of hydrogen-bond acceptors (Lipinski definition) is 2. The molecule has 0 unspecified atom stereocenters. The molecule has 78 valence electrons. The molecule has 2 aromatic rings. The van der Waals surface area contributed by atoms with Crippen LogP contribution >= 0.6 is 11.3 Å². The second-order valence-corrected chi connectivity index (χ2v) is 4.67. The largest absolute Gasteiger partial charge is 0.383 e. The van der Waals surface area contributed by atoms with Crippen molar-refractivity contribution in [2.45, 2.75) is 19.9 Å². The molecule has 2 rings (SSSR count). The molecule has 0 radical (unpaired) electrons. The zero-order chi connectivity index (χ0) is 10.7. The molecule has 1 aromatic carbocycles. The van der Waals surface area contributed by atoms with Crippen molar-refractivity contribution >= 4 is 17.0 Å². The molecular weight excluding hydrogens is 202 g/mol. The van der Waals surface area contributed by atoms with Crippen LogP contribution in [0.2, 0.25) is 0 Å². The molecule has 0 saturated heterocycles. The van der Waals surface area contributed by atoms with Gasteiger partial charge in [-0.2, -0.15) is 11.3 Å². The number of rotatable bonds is 3. The Morgan fingerprint density at radius 1 is 1.00 bits per heavy atom. The number of benzene rings is 1. The van der Waals surface area contributed by atoms with Crippen molar-refractivity contribution in [2.24, 2.45) is 0 Å². The van der Waals surface area contributed by atoms with Crippen molar-refractivity contribution in [3.63, 3.8) is 0 Å². The lowest BCUT2D eigenvalue weighted by molar-refractivity contribution is 0.900. The quantitative estimate of drug-likeness (QED) is 0.811. The first-order valence-corrected chi connectivity index (χ1v) is 6.09. The Morgan fingerprint density at radius 3 is 2.27 bits per heavy atom. The molecule has 0 amide bonds. The average Bonchev–Trinajstić information content (AvgIpc) is 2.71. The van der Waals surface area contributed by atoms with Crippen LogP contribution in [0.15, 0.2) is 41.1 Å². The van der Waals surface area contributed by atoms with E-state index in [0.717, 1.165) is 0 Å². The molecule has 2 heteroatoms. The van der Waals surface area contributed by atoms with Crippen molar-refractivity contribution in [3.05, 3.63) is 41.1 Å². The molecule has 0 fully saturated rings. The van der Waals surface area contributed by atoms with E-state index in [9.17, 15) is 0 Å². The average molecular weight is 217 g/mol. The van der Waals surface area contributed by atoms with E-state index < -0.39 is 0 Å². The van der Waals surface area contributed by atoms with Gasteiger partial charge in [0.15, 0.2) is 0 Å². The second kappa shape index (κ2) is 4.49. The van der Waals surface area contributed by atoms with E-state index >= 15 is 0 Å². The smallest absolute Gasteiger partial charge is 0.0342 e. The van der Waals surface area contributed by atoms with Crippen LogP contribution in [0.4, 0.5) is 5.69 Å². The van der Waals surface area contributed by atoms with Gasteiger partial charge >= 0.3 is 0 Å². The minimum Gasteiger partial charge on any atom is -0.383 e. The first-order valence-electron chi connectivity index (χ1n) is 5.15. The highest BCUT2D eigenvalue weighted by molar-refractivity contribution is 7.08. The predicted octanol–water partition coefficient (Wildman–Crippen LogP) is 4.24. The Kier molecular flexibility index (Phi) is 3.07. The maximum atomic E-state index is 3.38. The standard InChI is InChI=1S/C13H15NS/c1-10(2)14-13-5-3-11(4-6-13)12-7-8-15-9-12/h3-10,14H,1-2H3. The summed E-state index contributed by atoms with van der Waals surface area (Å²) in [4.78, 5) is 0. The molecule has 0 saturated carbocycles. The van der Waals surface area contributed by atoms with Gasteiger partial charge in [0.1, 0.15) is 0 Å². The van der Waals surface area contributed by atoms with Crippen LogP contribution in [-0.2, 0) is 0 Å². The van der Waals surface area contributed by atoms with Crippen molar-refractivity contribution in [1.82, 2.24) is 0 Å². The summed E-state index contributed by atoms with van der Waals surface area (Å²) >= 11 is 1.73. The second-order valence-electron chi connectivity index (χ2n) is 3.89. The summed E-state index contributed by atoms with van der Waals surface area (Å²) < 4.78 is 0. The van der Waals surface area contributed by atoms with Crippen LogP contribution in [0.3, 0.4) is 0 Å². The van der Waals surface area contributed by atoms with E-state index in [1.54, 1.807) is 11.3 Å². The molecule has 1 aromatic heterocycles. The fourth-order valence-electron chi connectivity index (χ4n) is 1.52. The molecule has 0 aliphatic rings. The van der Waals surface area contributed by atoms with Gasteiger partial charge in [0.25, 0.3) is 0 Å². The first kappa shape index (κ1) is 10.2. The van der Waals surface area contributed by atoms with Gasteiger partial charge in [0.05, 0.1) is 0 Å². The summed E-state index contributed by atoms with van der Waals surface area (Å²) in [6.07, 6.45) is 0. The number of hydrogen-bond donors (Lipinski definition) is 1. The molecule has 0 atom stereocenters. The van der Waals surface area contributed by atoms with Crippen LogP contribution in [0.25, 0.3) is 11.1 Å². The molecular formula is C13H15NS. The summed E-state index contributed by atoms with van der Waals surface area (Å²) in [7, 11) is 0. The Balaban J connectivity index is 2.17. The number of anilines is 1. The summed E-state index contributed by atoms with van der Waals surface area (Å²) in [5.41, 5.74) is 3.77. The molecule has 0 aliphatic heterocycles. The topological polar surface area (TPSA) is 12.0 Å². The summed E-state index contributed by atoms with van der Waals surface area (Å²) in [6, 6.07) is 11.2. The van der Waals surface area contributed by atoms with E-state index in [0.29, 0.717) is 6.04 Å². The van der Waals surface area contributed by atoms with E-state index in [2.05, 4.69) is 60.3 Å². The van der Waals surface area contributed by atoms with E-state index in [-0.39, 0.29) is 0 Å². The summed E-state index contributed by atoms with van der Waals surface area (Å²) in [5, 5.41) is 7.66. The first-order chi connectivity index (χ1) is 7.25. The fraction of sp³-hybridized carbons (Fsp3) is 0.231. The van der Waals surface area contributed by atoms with Gasteiger partial charge in [-0.15, -0.1) is 0 Å². The van der Waals surface area contributed by atoms with Gasteiger partial charge in [0.2, 0.25) is 0 Å². The lowest BCUT2D eigenvalue weighted by atomic mass is 10.1. The Labute approximate surface area is 94.8 Å². The highest BCUT2D eigenvalue weighted by Crippen LogP contribution is 2.23. The Bertz CT molecular complexity index is 401. The normalized spacial score (nSPS) is 10.6. The van der Waals surface area contributed by atoms with Gasteiger partial charge in [-0.3, -0.25) is 0 Å². The maximum absolute atomic E-state index is 3.38. The maximum Gasteiger partial charge on any atom is 0.0342 e.